The normalized spacial score (nSPS) is 24.3. The largest absolute Gasteiger partial charge is 0.331 e. The van der Waals surface area contributed by atoms with Crippen LogP contribution in [0, 0.1) is 0 Å². The van der Waals surface area contributed by atoms with E-state index in [1.165, 1.54) is 4.90 Å². The third kappa shape index (κ3) is 2.03. The van der Waals surface area contributed by atoms with E-state index >= 15 is 0 Å². The average molecular weight is 245 g/mol. The van der Waals surface area contributed by atoms with Gasteiger partial charge in [0.05, 0.1) is 11.5 Å². The number of nitrogens with zero attached hydrogens (tertiary/aromatic N) is 4. The van der Waals surface area contributed by atoms with Gasteiger partial charge in [0.2, 0.25) is 0 Å². The van der Waals surface area contributed by atoms with E-state index in [0.717, 1.165) is 0 Å². The van der Waals surface area contributed by atoms with Gasteiger partial charge in [-0.25, -0.2) is 8.42 Å². The Kier molecular flexibility index (Phi) is 2.62. The van der Waals surface area contributed by atoms with Crippen molar-refractivity contribution in [3.63, 3.8) is 0 Å². The molecule has 1 aliphatic rings. The molecule has 8 nitrogen and oxygen atoms in total. The highest BCUT2D eigenvalue weighted by atomic mass is 32.2. The number of nitrogens with one attached hydrogen (secondary N) is 1. The van der Waals surface area contributed by atoms with Crippen LogP contribution in [0.4, 0.5) is 0 Å². The second-order valence-corrected chi connectivity index (χ2v) is 5.93. The summed E-state index contributed by atoms with van der Waals surface area (Å²) < 4.78 is 22.7. The molecular weight excluding hydrogens is 234 g/mol. The summed E-state index contributed by atoms with van der Waals surface area (Å²) in [5, 5.41) is 12.6. The number of amides is 1. The van der Waals surface area contributed by atoms with Gasteiger partial charge in [0.1, 0.15) is 0 Å². The van der Waals surface area contributed by atoms with Crippen LogP contribution in [0.5, 0.6) is 0 Å². The molecule has 1 fully saturated rings. The molecule has 1 aromatic rings. The number of hydrogen-bond donors (Lipinski definition) is 1. The van der Waals surface area contributed by atoms with Gasteiger partial charge in [-0.2, -0.15) is 5.21 Å². The first-order valence-corrected chi connectivity index (χ1v) is 6.56. The summed E-state index contributed by atoms with van der Waals surface area (Å²) in [6.45, 7) is 1.87. The number of carbonyl (C=O) groups excluding carboxylic acids is 1. The number of rotatable bonds is 1. The SMILES string of the molecule is CC1CS(=O)(=O)CCN1C(=O)c1nn[nH]n1. The van der Waals surface area contributed by atoms with Gasteiger partial charge in [-0.05, 0) is 12.1 Å². The molecule has 1 atom stereocenters. The minimum atomic E-state index is -3.03. The molecular formula is C7H11N5O3S. The molecule has 0 spiro atoms. The summed E-state index contributed by atoms with van der Waals surface area (Å²) in [6, 6.07) is -0.357. The van der Waals surface area contributed by atoms with Crippen LogP contribution in [0.25, 0.3) is 0 Å². The first-order chi connectivity index (χ1) is 7.49. The van der Waals surface area contributed by atoms with Crippen molar-refractivity contribution in [2.45, 2.75) is 13.0 Å². The first-order valence-electron chi connectivity index (χ1n) is 4.74. The molecule has 1 saturated heterocycles. The van der Waals surface area contributed by atoms with Crippen LogP contribution in [-0.4, -0.2) is 63.9 Å². The van der Waals surface area contributed by atoms with Crippen molar-refractivity contribution in [3.8, 4) is 0 Å². The Morgan fingerprint density at radius 1 is 1.56 bits per heavy atom. The van der Waals surface area contributed by atoms with Crippen molar-refractivity contribution in [3.05, 3.63) is 5.82 Å². The summed E-state index contributed by atoms with van der Waals surface area (Å²) in [6.07, 6.45) is 0. The van der Waals surface area contributed by atoms with Crippen LogP contribution in [0.15, 0.2) is 0 Å². The van der Waals surface area contributed by atoms with Crippen LogP contribution in [0.2, 0.25) is 0 Å². The molecule has 2 rings (SSSR count). The Morgan fingerprint density at radius 3 is 2.88 bits per heavy atom. The number of aromatic amines is 1. The lowest BCUT2D eigenvalue weighted by molar-refractivity contribution is 0.0700. The van der Waals surface area contributed by atoms with Crippen molar-refractivity contribution in [2.75, 3.05) is 18.1 Å². The van der Waals surface area contributed by atoms with E-state index in [1.807, 2.05) is 0 Å². The number of H-pyrrole nitrogens is 1. The number of hydrogen-bond acceptors (Lipinski definition) is 6. The van der Waals surface area contributed by atoms with Crippen LogP contribution in [0.1, 0.15) is 17.5 Å². The van der Waals surface area contributed by atoms with E-state index in [2.05, 4.69) is 20.6 Å². The van der Waals surface area contributed by atoms with Crippen molar-refractivity contribution in [1.82, 2.24) is 25.5 Å². The monoisotopic (exact) mass is 245 g/mol. The van der Waals surface area contributed by atoms with Gasteiger partial charge in [0.15, 0.2) is 9.84 Å². The van der Waals surface area contributed by atoms with Crippen LogP contribution in [0.3, 0.4) is 0 Å². The minimum Gasteiger partial charge on any atom is -0.331 e. The van der Waals surface area contributed by atoms with Crippen molar-refractivity contribution in [2.24, 2.45) is 0 Å². The zero-order chi connectivity index (χ0) is 11.8. The number of tetrazole rings is 1. The predicted octanol–water partition coefficient (Wildman–Crippen LogP) is -1.54. The van der Waals surface area contributed by atoms with Gasteiger partial charge in [-0.15, -0.1) is 10.2 Å². The predicted molar refractivity (Wildman–Crippen MR) is 53.3 cm³/mol. The zero-order valence-corrected chi connectivity index (χ0v) is 9.44. The Morgan fingerprint density at radius 2 is 2.31 bits per heavy atom. The van der Waals surface area contributed by atoms with E-state index < -0.39 is 15.7 Å². The van der Waals surface area contributed by atoms with Crippen LogP contribution < -0.4 is 0 Å². The van der Waals surface area contributed by atoms with Gasteiger partial charge in [0, 0.05) is 12.6 Å². The van der Waals surface area contributed by atoms with Gasteiger partial charge in [-0.1, -0.05) is 0 Å². The molecule has 1 aliphatic heterocycles. The maximum absolute atomic E-state index is 11.8. The molecule has 2 heterocycles. The fourth-order valence-corrected chi connectivity index (χ4v) is 3.24. The molecule has 0 radical (unpaired) electrons. The summed E-state index contributed by atoms with van der Waals surface area (Å²) in [7, 11) is -3.03. The summed E-state index contributed by atoms with van der Waals surface area (Å²) >= 11 is 0. The standard InChI is InChI=1S/C7H11N5O3S/c1-5-4-16(14,15)3-2-12(5)7(13)6-8-10-11-9-6/h5H,2-4H2,1H3,(H,8,9,10,11). The Balaban J connectivity index is 2.15. The van der Waals surface area contributed by atoms with Gasteiger partial charge in [-0.3, -0.25) is 4.79 Å². The average Bonchev–Trinajstić information content (AvgIpc) is 2.68. The molecule has 1 aromatic heterocycles. The van der Waals surface area contributed by atoms with E-state index in [0.29, 0.717) is 0 Å². The lowest BCUT2D eigenvalue weighted by atomic mass is 10.3. The fraction of sp³-hybridized carbons (Fsp3) is 0.714. The first kappa shape index (κ1) is 11.0. The summed E-state index contributed by atoms with van der Waals surface area (Å²) in [5.74, 6) is -0.459. The molecule has 1 amide bonds. The highest BCUT2D eigenvalue weighted by Crippen LogP contribution is 2.13. The summed E-state index contributed by atoms with van der Waals surface area (Å²) in [4.78, 5) is 13.3. The third-order valence-corrected chi connectivity index (χ3v) is 4.26. The topological polar surface area (TPSA) is 109 Å². The second kappa shape index (κ2) is 3.81. The van der Waals surface area contributed by atoms with Crippen molar-refractivity contribution in [1.29, 1.82) is 0 Å². The molecule has 0 aliphatic carbocycles. The highest BCUT2D eigenvalue weighted by Gasteiger charge is 2.33. The third-order valence-electron chi connectivity index (χ3n) is 2.47. The Labute approximate surface area is 91.9 Å². The molecule has 0 aromatic carbocycles. The molecule has 9 heteroatoms. The van der Waals surface area contributed by atoms with Crippen molar-refractivity contribution < 1.29 is 13.2 Å². The lowest BCUT2D eigenvalue weighted by Crippen LogP contribution is -2.50. The second-order valence-electron chi connectivity index (χ2n) is 3.70. The molecule has 16 heavy (non-hydrogen) atoms. The maximum Gasteiger partial charge on any atom is 0.295 e. The molecule has 1 unspecified atom stereocenters. The maximum atomic E-state index is 11.8. The van der Waals surface area contributed by atoms with Gasteiger partial charge < -0.3 is 4.90 Å². The van der Waals surface area contributed by atoms with Crippen LogP contribution in [-0.2, 0) is 9.84 Å². The molecule has 1 N–H and O–H groups in total. The zero-order valence-electron chi connectivity index (χ0n) is 8.62. The van der Waals surface area contributed by atoms with Crippen LogP contribution >= 0.6 is 0 Å². The lowest BCUT2D eigenvalue weighted by Gasteiger charge is -2.32. The van der Waals surface area contributed by atoms with Gasteiger partial charge in [0.25, 0.3) is 11.7 Å². The quantitative estimate of drug-likeness (QED) is 0.642. The minimum absolute atomic E-state index is 0.0130. The molecule has 0 saturated carbocycles. The van der Waals surface area contributed by atoms with E-state index in [4.69, 9.17) is 0 Å². The van der Waals surface area contributed by atoms with Crippen molar-refractivity contribution >= 4 is 15.7 Å². The number of carbonyl (C=O) groups is 1. The van der Waals surface area contributed by atoms with E-state index in [-0.39, 0.29) is 29.9 Å². The van der Waals surface area contributed by atoms with Gasteiger partial charge >= 0.3 is 0 Å². The van der Waals surface area contributed by atoms with E-state index in [1.54, 1.807) is 6.92 Å². The Bertz CT molecular complexity index is 482. The molecule has 88 valence electrons. The Hall–Kier alpha value is -1.51. The number of aromatic nitrogens is 4. The molecule has 0 bridgehead atoms. The smallest absolute Gasteiger partial charge is 0.295 e. The van der Waals surface area contributed by atoms with E-state index in [9.17, 15) is 13.2 Å². The number of sulfone groups is 1. The fourth-order valence-electron chi connectivity index (χ4n) is 1.68. The highest BCUT2D eigenvalue weighted by molar-refractivity contribution is 7.91. The summed E-state index contributed by atoms with van der Waals surface area (Å²) in [5.41, 5.74) is 0.